The largest absolute Gasteiger partial charge is 0.497 e. The first kappa shape index (κ1) is 17.5. The number of nitrogens with one attached hydrogen (secondary N) is 2. The van der Waals surface area contributed by atoms with Crippen LogP contribution in [0.25, 0.3) is 5.57 Å². The number of pyridine rings is 1. The van der Waals surface area contributed by atoms with Crippen LogP contribution in [0.2, 0.25) is 0 Å². The Morgan fingerprint density at radius 1 is 1.19 bits per heavy atom. The number of benzene rings is 1. The summed E-state index contributed by atoms with van der Waals surface area (Å²) in [4.78, 5) is 37.2. The number of ether oxygens (including phenoxy) is 1. The molecule has 3 amide bonds. The molecule has 0 saturated carbocycles. The lowest BCUT2D eigenvalue weighted by Gasteiger charge is -2.27. The Balaban J connectivity index is 2.10. The van der Waals surface area contributed by atoms with Crippen molar-refractivity contribution in [1.82, 2.24) is 15.2 Å². The van der Waals surface area contributed by atoms with Crippen molar-refractivity contribution in [3.05, 3.63) is 70.7 Å². The molecule has 0 aliphatic carbocycles. The van der Waals surface area contributed by atoms with Crippen LogP contribution in [0, 0.1) is 0 Å². The second-order valence-electron chi connectivity index (χ2n) is 6.18. The molecule has 1 atom stereocenters. The predicted molar refractivity (Wildman–Crippen MR) is 96.8 cm³/mol. The standard InChI is InChI=1S/C19H19N3O4/c1-12(2)15-5-4-10-22(16(15)23)11-19(17(24)20-18(25)21-19)13-6-8-14(26-3)9-7-13/h4-10H,1,11H2,2-3H3,(H2,20,21,24,25). The minimum Gasteiger partial charge on any atom is -0.497 e. The fourth-order valence-electron chi connectivity index (χ4n) is 3.01. The molecule has 1 aromatic heterocycles. The van der Waals surface area contributed by atoms with Gasteiger partial charge in [-0.1, -0.05) is 18.7 Å². The zero-order valence-electron chi connectivity index (χ0n) is 14.5. The molecule has 1 aliphatic rings. The van der Waals surface area contributed by atoms with Gasteiger partial charge in [0, 0.05) is 11.8 Å². The van der Waals surface area contributed by atoms with Crippen molar-refractivity contribution in [1.29, 1.82) is 0 Å². The van der Waals surface area contributed by atoms with E-state index in [4.69, 9.17) is 4.74 Å². The minimum absolute atomic E-state index is 0.0448. The first-order valence-corrected chi connectivity index (χ1v) is 8.01. The summed E-state index contributed by atoms with van der Waals surface area (Å²) in [6, 6.07) is 9.56. The molecule has 7 heteroatoms. The number of hydrogen-bond acceptors (Lipinski definition) is 4. The van der Waals surface area contributed by atoms with Gasteiger partial charge in [-0.25, -0.2) is 4.79 Å². The molecule has 3 rings (SSSR count). The van der Waals surface area contributed by atoms with Gasteiger partial charge in [-0.05, 0) is 42.3 Å². The van der Waals surface area contributed by atoms with Crippen LogP contribution in [0.5, 0.6) is 5.75 Å². The summed E-state index contributed by atoms with van der Waals surface area (Å²) >= 11 is 0. The first-order chi connectivity index (χ1) is 12.4. The number of carbonyl (C=O) groups excluding carboxylic acids is 2. The van der Waals surface area contributed by atoms with E-state index in [1.165, 1.54) is 11.7 Å². The lowest BCUT2D eigenvalue weighted by molar-refractivity contribution is -0.124. The van der Waals surface area contributed by atoms with E-state index in [0.717, 1.165) is 0 Å². The van der Waals surface area contributed by atoms with Crippen LogP contribution in [0.3, 0.4) is 0 Å². The van der Waals surface area contributed by atoms with Gasteiger partial charge in [0.2, 0.25) is 0 Å². The van der Waals surface area contributed by atoms with E-state index < -0.39 is 17.5 Å². The lowest BCUT2D eigenvalue weighted by Crippen LogP contribution is -2.49. The highest BCUT2D eigenvalue weighted by Gasteiger charge is 2.48. The van der Waals surface area contributed by atoms with Gasteiger partial charge in [-0.3, -0.25) is 14.9 Å². The lowest BCUT2D eigenvalue weighted by atomic mass is 9.89. The van der Waals surface area contributed by atoms with E-state index in [1.54, 1.807) is 49.5 Å². The number of allylic oxidation sites excluding steroid dienone is 1. The Kier molecular flexibility index (Phi) is 4.38. The van der Waals surface area contributed by atoms with Gasteiger partial charge in [-0.15, -0.1) is 0 Å². The van der Waals surface area contributed by atoms with Gasteiger partial charge in [0.1, 0.15) is 5.75 Å². The van der Waals surface area contributed by atoms with Crippen LogP contribution in [0.4, 0.5) is 4.79 Å². The van der Waals surface area contributed by atoms with Crippen molar-refractivity contribution in [3.8, 4) is 5.75 Å². The van der Waals surface area contributed by atoms with E-state index in [9.17, 15) is 14.4 Å². The van der Waals surface area contributed by atoms with Gasteiger partial charge in [0.15, 0.2) is 5.54 Å². The van der Waals surface area contributed by atoms with Crippen molar-refractivity contribution < 1.29 is 14.3 Å². The molecular weight excluding hydrogens is 334 g/mol. The number of urea groups is 1. The zero-order valence-corrected chi connectivity index (χ0v) is 14.5. The van der Waals surface area contributed by atoms with Crippen LogP contribution in [0.15, 0.2) is 54.0 Å². The molecule has 1 saturated heterocycles. The summed E-state index contributed by atoms with van der Waals surface area (Å²) < 4.78 is 6.54. The Bertz CT molecular complexity index is 946. The molecule has 1 fully saturated rings. The third-order valence-electron chi connectivity index (χ3n) is 4.41. The molecule has 0 spiro atoms. The van der Waals surface area contributed by atoms with E-state index in [2.05, 4.69) is 17.2 Å². The minimum atomic E-state index is -1.39. The van der Waals surface area contributed by atoms with Gasteiger partial charge in [-0.2, -0.15) is 0 Å². The summed E-state index contributed by atoms with van der Waals surface area (Å²) in [6.45, 7) is 5.50. The summed E-state index contributed by atoms with van der Waals surface area (Å²) in [5.41, 5.74) is -0.0260. The third kappa shape index (κ3) is 2.88. The molecule has 2 heterocycles. The van der Waals surface area contributed by atoms with Gasteiger partial charge in [0.05, 0.1) is 13.7 Å². The van der Waals surface area contributed by atoms with Crippen LogP contribution in [0.1, 0.15) is 18.1 Å². The highest BCUT2D eigenvalue weighted by atomic mass is 16.5. The Morgan fingerprint density at radius 3 is 2.42 bits per heavy atom. The maximum Gasteiger partial charge on any atom is 0.322 e. The number of imide groups is 1. The smallest absolute Gasteiger partial charge is 0.322 e. The summed E-state index contributed by atoms with van der Waals surface area (Å²) in [5, 5.41) is 4.93. The molecule has 2 aromatic rings. The average molecular weight is 353 g/mol. The van der Waals surface area contributed by atoms with Crippen molar-refractivity contribution >= 4 is 17.5 Å². The fourth-order valence-corrected chi connectivity index (χ4v) is 3.01. The maximum absolute atomic E-state index is 12.7. The first-order valence-electron chi connectivity index (χ1n) is 8.01. The SMILES string of the molecule is C=C(C)c1cccn(CC2(c3ccc(OC)cc3)NC(=O)NC2=O)c1=O. The topological polar surface area (TPSA) is 89.4 Å². The molecular formula is C19H19N3O4. The number of hydrogen-bond donors (Lipinski definition) is 2. The Morgan fingerprint density at radius 2 is 1.88 bits per heavy atom. The van der Waals surface area contributed by atoms with E-state index in [0.29, 0.717) is 22.4 Å². The molecule has 0 radical (unpaired) electrons. The van der Waals surface area contributed by atoms with Crippen LogP contribution in [-0.2, 0) is 16.9 Å². The van der Waals surface area contributed by atoms with Gasteiger partial charge in [0.25, 0.3) is 11.5 Å². The maximum atomic E-state index is 12.7. The summed E-state index contributed by atoms with van der Waals surface area (Å²) in [5.74, 6) is 0.107. The molecule has 2 N–H and O–H groups in total. The quantitative estimate of drug-likeness (QED) is 0.800. The monoisotopic (exact) mass is 353 g/mol. The molecule has 1 unspecified atom stereocenters. The number of rotatable bonds is 5. The third-order valence-corrected chi connectivity index (χ3v) is 4.41. The van der Waals surface area contributed by atoms with Crippen LogP contribution >= 0.6 is 0 Å². The number of nitrogens with zero attached hydrogens (tertiary/aromatic N) is 1. The Hall–Kier alpha value is -3.35. The zero-order chi connectivity index (χ0) is 18.9. The number of methoxy groups -OCH3 is 1. The second-order valence-corrected chi connectivity index (χ2v) is 6.18. The summed E-state index contributed by atoms with van der Waals surface area (Å²) in [7, 11) is 1.54. The normalized spacial score (nSPS) is 19.0. The van der Waals surface area contributed by atoms with Crippen molar-refractivity contribution in [2.75, 3.05) is 7.11 Å². The van der Waals surface area contributed by atoms with Crippen LogP contribution < -0.4 is 20.9 Å². The molecule has 1 aromatic carbocycles. The number of aromatic nitrogens is 1. The predicted octanol–water partition coefficient (Wildman–Crippen LogP) is 1.62. The molecule has 26 heavy (non-hydrogen) atoms. The molecule has 134 valence electrons. The fraction of sp³-hybridized carbons (Fsp3) is 0.211. The van der Waals surface area contributed by atoms with Gasteiger partial charge < -0.3 is 14.6 Å². The van der Waals surface area contributed by atoms with Crippen LogP contribution in [-0.4, -0.2) is 23.6 Å². The second kappa shape index (κ2) is 6.51. The van der Waals surface area contributed by atoms with Gasteiger partial charge >= 0.3 is 6.03 Å². The molecule has 7 nitrogen and oxygen atoms in total. The van der Waals surface area contributed by atoms with Crippen molar-refractivity contribution in [2.45, 2.75) is 19.0 Å². The average Bonchev–Trinajstić information content (AvgIpc) is 2.91. The van der Waals surface area contributed by atoms with Crippen molar-refractivity contribution in [2.24, 2.45) is 0 Å². The number of carbonyl (C=O) groups is 2. The highest BCUT2D eigenvalue weighted by molar-refractivity contribution is 6.07. The summed E-state index contributed by atoms with van der Waals surface area (Å²) in [6.07, 6.45) is 1.58. The molecule has 1 aliphatic heterocycles. The van der Waals surface area contributed by atoms with E-state index in [1.807, 2.05) is 0 Å². The van der Waals surface area contributed by atoms with Crippen molar-refractivity contribution in [3.63, 3.8) is 0 Å². The van der Waals surface area contributed by atoms with E-state index in [-0.39, 0.29) is 12.1 Å². The Labute approximate surface area is 150 Å². The number of amides is 3. The highest BCUT2D eigenvalue weighted by Crippen LogP contribution is 2.28. The van der Waals surface area contributed by atoms with E-state index >= 15 is 0 Å². The molecule has 0 bridgehead atoms.